The van der Waals surface area contributed by atoms with Crippen molar-refractivity contribution in [3.63, 3.8) is 0 Å². The van der Waals surface area contributed by atoms with Gasteiger partial charge in [-0.25, -0.2) is 4.68 Å². The summed E-state index contributed by atoms with van der Waals surface area (Å²) in [5.41, 5.74) is -0.258. The zero-order valence-corrected chi connectivity index (χ0v) is 14.6. The van der Waals surface area contributed by atoms with Gasteiger partial charge in [-0.2, -0.15) is 5.10 Å². The van der Waals surface area contributed by atoms with Crippen molar-refractivity contribution in [1.82, 2.24) is 20.4 Å². The molecule has 1 unspecified atom stereocenters. The molecule has 1 atom stereocenters. The van der Waals surface area contributed by atoms with Crippen LogP contribution in [0.25, 0.3) is 0 Å². The summed E-state index contributed by atoms with van der Waals surface area (Å²) in [7, 11) is 1.62. The molecule has 132 valence electrons. The topological polar surface area (TPSA) is 96.3 Å². The lowest BCUT2D eigenvalue weighted by atomic mass is 10.0. The summed E-state index contributed by atoms with van der Waals surface area (Å²) in [5, 5.41) is 9.57. The summed E-state index contributed by atoms with van der Waals surface area (Å²) >= 11 is 0. The van der Waals surface area contributed by atoms with Gasteiger partial charge in [0.2, 0.25) is 11.8 Å². The van der Waals surface area contributed by atoms with Crippen LogP contribution in [-0.2, 0) is 16.6 Å². The third kappa shape index (κ3) is 4.33. The summed E-state index contributed by atoms with van der Waals surface area (Å²) in [4.78, 5) is 37.1. The first-order chi connectivity index (χ1) is 11.2. The van der Waals surface area contributed by atoms with E-state index >= 15 is 0 Å². The van der Waals surface area contributed by atoms with Gasteiger partial charge in [-0.1, -0.05) is 0 Å². The van der Waals surface area contributed by atoms with Gasteiger partial charge in [0.15, 0.2) is 0 Å². The van der Waals surface area contributed by atoms with Crippen LogP contribution >= 0.6 is 0 Å². The Morgan fingerprint density at radius 1 is 1.42 bits per heavy atom. The molecule has 2 rings (SSSR count). The number of aromatic nitrogens is 2. The smallest absolute Gasteiger partial charge is 0.268 e. The minimum absolute atomic E-state index is 0.138. The van der Waals surface area contributed by atoms with E-state index in [4.69, 9.17) is 0 Å². The lowest BCUT2D eigenvalue weighted by molar-refractivity contribution is -0.131. The second-order valence-electron chi connectivity index (χ2n) is 6.79. The van der Waals surface area contributed by atoms with Gasteiger partial charge >= 0.3 is 0 Å². The largest absolute Gasteiger partial charge is 0.370 e. The molecule has 1 aromatic heterocycles. The minimum atomic E-state index is -0.931. The Morgan fingerprint density at radius 2 is 2.12 bits per heavy atom. The van der Waals surface area contributed by atoms with Crippen molar-refractivity contribution < 1.29 is 9.59 Å². The molecule has 1 aromatic rings. The average molecular weight is 335 g/mol. The summed E-state index contributed by atoms with van der Waals surface area (Å²) < 4.78 is 1.29. The van der Waals surface area contributed by atoms with Crippen molar-refractivity contribution in [2.24, 2.45) is 13.0 Å². The summed E-state index contributed by atoms with van der Waals surface area (Å²) in [5.74, 6) is -0.141. The van der Waals surface area contributed by atoms with Gasteiger partial charge in [0.05, 0.1) is 11.9 Å². The first kappa shape index (κ1) is 18.0. The maximum absolute atomic E-state index is 12.2. The Hall–Kier alpha value is -2.38. The second kappa shape index (κ2) is 7.02. The van der Waals surface area contributed by atoms with E-state index in [-0.39, 0.29) is 17.4 Å². The van der Waals surface area contributed by atoms with Crippen molar-refractivity contribution in [3.05, 3.63) is 22.6 Å². The van der Waals surface area contributed by atoms with E-state index in [1.165, 1.54) is 11.6 Å². The molecule has 1 fully saturated rings. The average Bonchev–Trinajstić information content (AvgIpc) is 2.95. The van der Waals surface area contributed by atoms with Crippen LogP contribution in [0.2, 0.25) is 0 Å². The van der Waals surface area contributed by atoms with Crippen LogP contribution in [0, 0.1) is 5.92 Å². The lowest BCUT2D eigenvalue weighted by Crippen LogP contribution is -2.54. The predicted molar refractivity (Wildman–Crippen MR) is 90.7 cm³/mol. The molecular formula is C16H25N5O3. The summed E-state index contributed by atoms with van der Waals surface area (Å²) in [6.07, 6.45) is 2.61. The molecule has 8 heteroatoms. The van der Waals surface area contributed by atoms with Crippen LogP contribution in [0.5, 0.6) is 0 Å². The first-order valence-electron chi connectivity index (χ1n) is 8.04. The molecular weight excluding hydrogens is 310 g/mol. The Balaban J connectivity index is 1.88. The van der Waals surface area contributed by atoms with E-state index in [2.05, 4.69) is 20.6 Å². The second-order valence-corrected chi connectivity index (χ2v) is 6.79. The van der Waals surface area contributed by atoms with Gasteiger partial charge in [-0.15, -0.1) is 0 Å². The molecule has 1 aliphatic rings. The number of hydrogen-bond donors (Lipinski definition) is 2. The molecule has 2 amide bonds. The highest BCUT2D eigenvalue weighted by Gasteiger charge is 2.30. The van der Waals surface area contributed by atoms with Crippen LogP contribution in [0.15, 0.2) is 17.1 Å². The zero-order valence-electron chi connectivity index (χ0n) is 14.6. The van der Waals surface area contributed by atoms with Crippen LogP contribution in [0.3, 0.4) is 0 Å². The molecule has 24 heavy (non-hydrogen) atoms. The lowest BCUT2D eigenvalue weighted by Gasteiger charge is -2.25. The van der Waals surface area contributed by atoms with Crippen LogP contribution in [-0.4, -0.2) is 46.8 Å². The Labute approximate surface area is 141 Å². The van der Waals surface area contributed by atoms with E-state index in [0.717, 1.165) is 25.2 Å². The number of anilines is 1. The number of carbonyl (C=O) groups is 2. The number of carbonyl (C=O) groups excluding carboxylic acids is 2. The van der Waals surface area contributed by atoms with Crippen molar-refractivity contribution in [1.29, 1.82) is 0 Å². The van der Waals surface area contributed by atoms with Gasteiger partial charge in [0, 0.05) is 39.7 Å². The van der Waals surface area contributed by atoms with Crippen LogP contribution in [0.1, 0.15) is 27.2 Å². The normalized spacial score (nSPS) is 17.7. The van der Waals surface area contributed by atoms with Crippen molar-refractivity contribution in [2.45, 2.75) is 32.7 Å². The number of rotatable bonds is 5. The number of nitrogens with zero attached hydrogens (tertiary/aromatic N) is 3. The van der Waals surface area contributed by atoms with Gasteiger partial charge in [-0.3, -0.25) is 14.4 Å². The van der Waals surface area contributed by atoms with Gasteiger partial charge in [0.1, 0.15) is 5.54 Å². The molecule has 0 spiro atoms. The summed E-state index contributed by atoms with van der Waals surface area (Å²) in [6.45, 7) is 6.87. The molecule has 0 aromatic carbocycles. The quantitative estimate of drug-likeness (QED) is 0.766. The fourth-order valence-corrected chi connectivity index (χ4v) is 2.82. The highest BCUT2D eigenvalue weighted by molar-refractivity contribution is 5.90. The summed E-state index contributed by atoms with van der Waals surface area (Å²) in [6, 6.07) is 1.58. The van der Waals surface area contributed by atoms with Crippen LogP contribution in [0.4, 0.5) is 5.69 Å². The molecule has 0 saturated carbocycles. The number of nitrogens with one attached hydrogen (secondary N) is 2. The van der Waals surface area contributed by atoms with E-state index < -0.39 is 5.54 Å². The highest BCUT2D eigenvalue weighted by Crippen LogP contribution is 2.21. The fourth-order valence-electron chi connectivity index (χ4n) is 2.82. The third-order valence-corrected chi connectivity index (χ3v) is 4.21. The first-order valence-corrected chi connectivity index (χ1v) is 8.04. The van der Waals surface area contributed by atoms with Gasteiger partial charge in [-0.05, 0) is 26.2 Å². The van der Waals surface area contributed by atoms with E-state index in [9.17, 15) is 14.4 Å². The van der Waals surface area contributed by atoms with E-state index in [0.29, 0.717) is 12.5 Å². The van der Waals surface area contributed by atoms with Crippen LogP contribution < -0.4 is 21.1 Å². The molecule has 1 aliphatic heterocycles. The fraction of sp³-hybridized carbons (Fsp3) is 0.625. The third-order valence-electron chi connectivity index (χ3n) is 4.21. The Kier molecular flexibility index (Phi) is 5.26. The number of hydrogen-bond acceptors (Lipinski definition) is 5. The number of amides is 2. The maximum atomic E-state index is 12.2. The molecule has 0 radical (unpaired) electrons. The Morgan fingerprint density at radius 3 is 2.75 bits per heavy atom. The van der Waals surface area contributed by atoms with Gasteiger partial charge in [0.25, 0.3) is 5.56 Å². The standard InChI is InChI=1S/C16H25N5O3/c1-11(22)19-16(2,3)15(24)17-8-12-5-6-21(10-12)13-7-14(23)20(4)18-9-13/h7,9,12H,5-6,8,10H2,1-4H3,(H,17,24)(H,19,22). The minimum Gasteiger partial charge on any atom is -0.370 e. The van der Waals surface area contributed by atoms with Crippen molar-refractivity contribution in [3.8, 4) is 0 Å². The highest BCUT2D eigenvalue weighted by atomic mass is 16.2. The van der Waals surface area contributed by atoms with Gasteiger partial charge < -0.3 is 15.5 Å². The molecule has 2 N–H and O–H groups in total. The monoisotopic (exact) mass is 335 g/mol. The molecule has 2 heterocycles. The Bertz CT molecular complexity index is 683. The van der Waals surface area contributed by atoms with Crippen molar-refractivity contribution in [2.75, 3.05) is 24.5 Å². The van der Waals surface area contributed by atoms with Crippen molar-refractivity contribution >= 4 is 17.5 Å². The maximum Gasteiger partial charge on any atom is 0.268 e. The number of aryl methyl sites for hydroxylation is 1. The van der Waals surface area contributed by atoms with E-state index in [1.807, 2.05) is 0 Å². The molecule has 8 nitrogen and oxygen atoms in total. The van der Waals surface area contributed by atoms with E-state index in [1.54, 1.807) is 33.2 Å². The molecule has 0 bridgehead atoms. The zero-order chi connectivity index (χ0) is 17.9. The predicted octanol–water partition coefficient (Wildman–Crippen LogP) is -0.362. The molecule has 1 saturated heterocycles. The molecule has 0 aliphatic carbocycles. The SMILES string of the molecule is CC(=O)NC(C)(C)C(=O)NCC1CCN(c2cnn(C)c(=O)c2)C1.